The number of benzene rings is 1. The fraction of sp³-hybridized carbons (Fsp3) is 0.364. The van der Waals surface area contributed by atoms with Gasteiger partial charge in [-0.1, -0.05) is 12.1 Å². The first-order valence-electron chi connectivity index (χ1n) is 5.35. The Morgan fingerprint density at radius 3 is 2.76 bits per heavy atom. The molecule has 1 aliphatic rings. The standard InChI is InChI=1S/C11H14N2O3S/c12-11(14)10-4-1-3-9(7-10)8-13-5-2-6-17(13,15)16/h1,3-4,7H,2,5-6,8H2,(H2,12,14). The van der Waals surface area contributed by atoms with Gasteiger partial charge in [-0.2, -0.15) is 4.31 Å². The largest absolute Gasteiger partial charge is 0.366 e. The highest BCUT2D eigenvalue weighted by atomic mass is 32.2. The summed E-state index contributed by atoms with van der Waals surface area (Å²) in [5, 5.41) is 0. The molecule has 1 saturated heterocycles. The number of nitrogens with two attached hydrogens (primary N) is 1. The molecule has 1 amide bonds. The molecule has 5 nitrogen and oxygen atoms in total. The predicted molar refractivity (Wildman–Crippen MR) is 63.8 cm³/mol. The van der Waals surface area contributed by atoms with E-state index in [4.69, 9.17) is 5.73 Å². The second-order valence-corrected chi connectivity index (χ2v) is 6.16. The van der Waals surface area contributed by atoms with E-state index >= 15 is 0 Å². The van der Waals surface area contributed by atoms with Crippen molar-refractivity contribution in [3.8, 4) is 0 Å². The summed E-state index contributed by atoms with van der Waals surface area (Å²) in [5.41, 5.74) is 6.36. The Balaban J connectivity index is 2.19. The van der Waals surface area contributed by atoms with Crippen molar-refractivity contribution in [1.82, 2.24) is 4.31 Å². The van der Waals surface area contributed by atoms with Crippen LogP contribution in [0, 0.1) is 0 Å². The molecule has 0 bridgehead atoms. The summed E-state index contributed by atoms with van der Waals surface area (Å²) in [5.74, 6) is -0.293. The van der Waals surface area contributed by atoms with E-state index in [1.165, 1.54) is 4.31 Å². The molecule has 0 spiro atoms. The summed E-state index contributed by atoms with van der Waals surface area (Å²) < 4.78 is 24.7. The molecule has 1 aliphatic heterocycles. The van der Waals surface area contributed by atoms with Crippen LogP contribution in [-0.4, -0.2) is 30.9 Å². The molecule has 0 atom stereocenters. The third-order valence-electron chi connectivity index (χ3n) is 2.77. The Bertz CT molecular complexity index is 539. The summed E-state index contributed by atoms with van der Waals surface area (Å²) >= 11 is 0. The molecular formula is C11H14N2O3S. The van der Waals surface area contributed by atoms with Gasteiger partial charge in [0, 0.05) is 18.7 Å². The van der Waals surface area contributed by atoms with Crippen LogP contribution in [0.2, 0.25) is 0 Å². The maximum atomic E-state index is 11.6. The summed E-state index contributed by atoms with van der Waals surface area (Å²) in [6.45, 7) is 0.854. The lowest BCUT2D eigenvalue weighted by atomic mass is 10.1. The van der Waals surface area contributed by atoms with E-state index in [0.29, 0.717) is 25.1 Å². The number of sulfonamides is 1. The predicted octanol–water partition coefficient (Wildman–Crippen LogP) is 0.321. The SMILES string of the molecule is NC(=O)c1cccc(CN2CCCS2(=O)=O)c1. The molecule has 0 saturated carbocycles. The Labute approximate surface area is 100 Å². The third kappa shape index (κ3) is 2.65. The summed E-state index contributed by atoms with van der Waals surface area (Å²) in [6.07, 6.45) is 0.665. The lowest BCUT2D eigenvalue weighted by molar-refractivity contribution is 0.1000. The minimum absolute atomic E-state index is 0.211. The molecule has 0 aliphatic carbocycles. The van der Waals surface area contributed by atoms with E-state index in [0.717, 1.165) is 5.56 Å². The van der Waals surface area contributed by atoms with Crippen molar-refractivity contribution in [3.05, 3.63) is 35.4 Å². The third-order valence-corrected chi connectivity index (χ3v) is 4.68. The molecule has 0 radical (unpaired) electrons. The van der Waals surface area contributed by atoms with Gasteiger partial charge in [0.2, 0.25) is 15.9 Å². The van der Waals surface area contributed by atoms with Crippen LogP contribution in [-0.2, 0) is 16.6 Å². The second kappa shape index (κ2) is 4.46. The van der Waals surface area contributed by atoms with Crippen molar-refractivity contribution < 1.29 is 13.2 Å². The lowest BCUT2D eigenvalue weighted by Gasteiger charge is -2.14. The Morgan fingerprint density at radius 1 is 1.41 bits per heavy atom. The smallest absolute Gasteiger partial charge is 0.248 e. The van der Waals surface area contributed by atoms with Gasteiger partial charge in [0.15, 0.2) is 0 Å². The number of amides is 1. The summed E-state index contributed by atoms with van der Waals surface area (Å²) in [7, 11) is -3.10. The highest BCUT2D eigenvalue weighted by Crippen LogP contribution is 2.17. The van der Waals surface area contributed by atoms with Gasteiger partial charge in [-0.15, -0.1) is 0 Å². The Kier molecular flexibility index (Phi) is 3.17. The number of carbonyl (C=O) groups is 1. The van der Waals surface area contributed by atoms with Gasteiger partial charge in [-0.05, 0) is 24.1 Å². The maximum Gasteiger partial charge on any atom is 0.248 e. The molecule has 2 N–H and O–H groups in total. The molecule has 17 heavy (non-hydrogen) atoms. The molecular weight excluding hydrogens is 240 g/mol. The Hall–Kier alpha value is -1.40. The fourth-order valence-electron chi connectivity index (χ4n) is 1.90. The van der Waals surface area contributed by atoms with E-state index in [1.807, 2.05) is 0 Å². The van der Waals surface area contributed by atoms with Gasteiger partial charge in [0.25, 0.3) is 0 Å². The number of carbonyl (C=O) groups excluding carboxylic acids is 1. The molecule has 1 heterocycles. The van der Waals surface area contributed by atoms with Gasteiger partial charge in [-0.25, -0.2) is 8.42 Å². The van der Waals surface area contributed by atoms with Crippen molar-refractivity contribution in [1.29, 1.82) is 0 Å². The van der Waals surface area contributed by atoms with Crippen LogP contribution in [0.5, 0.6) is 0 Å². The normalized spacial score (nSPS) is 19.3. The number of hydrogen-bond donors (Lipinski definition) is 1. The molecule has 0 aromatic heterocycles. The van der Waals surface area contributed by atoms with Crippen molar-refractivity contribution in [2.24, 2.45) is 5.73 Å². The van der Waals surface area contributed by atoms with E-state index in [2.05, 4.69) is 0 Å². The van der Waals surface area contributed by atoms with Crippen LogP contribution >= 0.6 is 0 Å². The zero-order valence-corrected chi connectivity index (χ0v) is 10.1. The zero-order chi connectivity index (χ0) is 12.5. The molecule has 1 aromatic rings. The van der Waals surface area contributed by atoms with Crippen LogP contribution in [0.4, 0.5) is 0 Å². The fourth-order valence-corrected chi connectivity index (χ4v) is 3.40. The van der Waals surface area contributed by atoms with E-state index in [9.17, 15) is 13.2 Å². The number of hydrogen-bond acceptors (Lipinski definition) is 3. The van der Waals surface area contributed by atoms with Crippen molar-refractivity contribution in [3.63, 3.8) is 0 Å². The first kappa shape index (κ1) is 12.1. The second-order valence-electron chi connectivity index (χ2n) is 4.07. The van der Waals surface area contributed by atoms with Crippen LogP contribution in [0.15, 0.2) is 24.3 Å². The van der Waals surface area contributed by atoms with Gasteiger partial charge in [0.1, 0.15) is 0 Å². The van der Waals surface area contributed by atoms with E-state index < -0.39 is 15.9 Å². The van der Waals surface area contributed by atoms with Gasteiger partial charge in [0.05, 0.1) is 5.75 Å². The molecule has 1 fully saturated rings. The van der Waals surface area contributed by atoms with E-state index in [1.54, 1.807) is 24.3 Å². The number of primary amides is 1. The lowest BCUT2D eigenvalue weighted by Crippen LogP contribution is -2.25. The molecule has 0 unspecified atom stereocenters. The van der Waals surface area contributed by atoms with Crippen LogP contribution in [0.3, 0.4) is 0 Å². The molecule has 92 valence electrons. The van der Waals surface area contributed by atoms with Crippen molar-refractivity contribution in [2.75, 3.05) is 12.3 Å². The average molecular weight is 254 g/mol. The first-order valence-corrected chi connectivity index (χ1v) is 6.96. The topological polar surface area (TPSA) is 80.5 Å². The maximum absolute atomic E-state index is 11.6. The van der Waals surface area contributed by atoms with E-state index in [-0.39, 0.29) is 5.75 Å². The van der Waals surface area contributed by atoms with Gasteiger partial charge in [-0.3, -0.25) is 4.79 Å². The first-order chi connectivity index (χ1) is 7.99. The van der Waals surface area contributed by atoms with Crippen LogP contribution in [0.1, 0.15) is 22.3 Å². The monoisotopic (exact) mass is 254 g/mol. The Morgan fingerprint density at radius 2 is 2.18 bits per heavy atom. The number of nitrogens with zero attached hydrogens (tertiary/aromatic N) is 1. The van der Waals surface area contributed by atoms with Gasteiger partial charge >= 0.3 is 0 Å². The minimum Gasteiger partial charge on any atom is -0.366 e. The van der Waals surface area contributed by atoms with Crippen LogP contribution in [0.25, 0.3) is 0 Å². The van der Waals surface area contributed by atoms with Gasteiger partial charge < -0.3 is 5.73 Å². The zero-order valence-electron chi connectivity index (χ0n) is 9.30. The quantitative estimate of drug-likeness (QED) is 0.843. The molecule has 1 aromatic carbocycles. The van der Waals surface area contributed by atoms with Crippen molar-refractivity contribution >= 4 is 15.9 Å². The highest BCUT2D eigenvalue weighted by Gasteiger charge is 2.27. The van der Waals surface area contributed by atoms with Crippen molar-refractivity contribution in [2.45, 2.75) is 13.0 Å². The van der Waals surface area contributed by atoms with Crippen LogP contribution < -0.4 is 5.73 Å². The molecule has 6 heteroatoms. The average Bonchev–Trinajstić information content (AvgIpc) is 2.59. The molecule has 2 rings (SSSR count). The highest BCUT2D eigenvalue weighted by molar-refractivity contribution is 7.89. The summed E-state index contributed by atoms with van der Waals surface area (Å²) in [6, 6.07) is 6.75. The minimum atomic E-state index is -3.10. The number of rotatable bonds is 3. The summed E-state index contributed by atoms with van der Waals surface area (Å²) in [4.78, 5) is 11.0.